The van der Waals surface area contributed by atoms with Crippen LogP contribution in [-0.4, -0.2) is 11.2 Å². The lowest BCUT2D eigenvalue weighted by Crippen LogP contribution is -1.87. The van der Waals surface area contributed by atoms with Crippen LogP contribution in [0, 0.1) is 10.1 Å². The van der Waals surface area contributed by atoms with E-state index in [1.165, 1.54) is 24.3 Å². The summed E-state index contributed by atoms with van der Waals surface area (Å²) < 4.78 is 0. The smallest absolute Gasteiger partial charge is 0.269 e. The standard InChI is InChI=1S/C7H5NO3.3C2H6/c9-5-6-1-3-7(4-2-6)8(10)11;3*1-2/h1-5H;3*1-2H3. The molecular formula is C13H23NO3. The monoisotopic (exact) mass is 241 g/mol. The fourth-order valence-electron chi connectivity index (χ4n) is 0.675. The van der Waals surface area contributed by atoms with E-state index in [0.717, 1.165) is 0 Å². The number of nitro benzene ring substituents is 1. The van der Waals surface area contributed by atoms with Crippen molar-refractivity contribution in [3.05, 3.63) is 39.9 Å². The van der Waals surface area contributed by atoms with E-state index >= 15 is 0 Å². The first-order chi connectivity index (χ1) is 8.24. The van der Waals surface area contributed by atoms with E-state index in [1.54, 1.807) is 0 Å². The molecule has 0 aliphatic carbocycles. The molecule has 0 atom stereocenters. The Bertz CT molecular complexity index is 281. The fourth-order valence-corrected chi connectivity index (χ4v) is 0.675. The van der Waals surface area contributed by atoms with E-state index < -0.39 is 4.92 Å². The highest BCUT2D eigenvalue weighted by atomic mass is 16.6. The largest absolute Gasteiger partial charge is 0.298 e. The Morgan fingerprint density at radius 1 is 0.941 bits per heavy atom. The van der Waals surface area contributed by atoms with E-state index in [0.29, 0.717) is 11.8 Å². The number of nitrogens with zero attached hydrogens (tertiary/aromatic N) is 1. The second-order valence-electron chi connectivity index (χ2n) is 1.97. The number of rotatable bonds is 2. The molecule has 1 aromatic rings. The van der Waals surface area contributed by atoms with Crippen LogP contribution < -0.4 is 0 Å². The molecule has 4 nitrogen and oxygen atoms in total. The average Bonchev–Trinajstić information content (AvgIpc) is 2.45. The molecule has 98 valence electrons. The van der Waals surface area contributed by atoms with Gasteiger partial charge in [0.05, 0.1) is 4.92 Å². The second kappa shape index (κ2) is 16.7. The third-order valence-electron chi connectivity index (χ3n) is 1.24. The molecule has 0 bridgehead atoms. The van der Waals surface area contributed by atoms with Crippen molar-refractivity contribution >= 4 is 12.0 Å². The first-order valence-corrected chi connectivity index (χ1v) is 5.93. The molecule has 0 unspecified atom stereocenters. The number of carbonyl (C=O) groups excluding carboxylic acids is 1. The number of aldehydes is 1. The zero-order valence-electron chi connectivity index (χ0n) is 11.6. The summed E-state index contributed by atoms with van der Waals surface area (Å²) in [6.45, 7) is 12.0. The third kappa shape index (κ3) is 10.6. The van der Waals surface area contributed by atoms with Gasteiger partial charge in [0.1, 0.15) is 6.29 Å². The SMILES string of the molecule is CC.CC.CC.O=Cc1ccc([N+](=O)[O-])cc1. The van der Waals surface area contributed by atoms with Gasteiger partial charge in [0.2, 0.25) is 0 Å². The third-order valence-corrected chi connectivity index (χ3v) is 1.24. The predicted molar refractivity (Wildman–Crippen MR) is 72.5 cm³/mol. The van der Waals surface area contributed by atoms with Gasteiger partial charge in [-0.2, -0.15) is 0 Å². The van der Waals surface area contributed by atoms with Gasteiger partial charge in [-0.3, -0.25) is 14.9 Å². The molecule has 1 rings (SSSR count). The number of benzene rings is 1. The van der Waals surface area contributed by atoms with Gasteiger partial charge in [-0.1, -0.05) is 41.5 Å². The summed E-state index contributed by atoms with van der Waals surface area (Å²) in [7, 11) is 0. The first-order valence-electron chi connectivity index (χ1n) is 5.93. The number of hydrogen-bond acceptors (Lipinski definition) is 3. The maximum absolute atomic E-state index is 10.1. The van der Waals surface area contributed by atoms with Gasteiger partial charge in [-0.15, -0.1) is 0 Å². The summed E-state index contributed by atoms with van der Waals surface area (Å²) in [5, 5.41) is 10.1. The molecule has 1 aromatic carbocycles. The highest BCUT2D eigenvalue weighted by molar-refractivity contribution is 5.75. The Hall–Kier alpha value is -1.71. The van der Waals surface area contributed by atoms with Crippen molar-refractivity contribution in [2.24, 2.45) is 0 Å². The van der Waals surface area contributed by atoms with E-state index in [2.05, 4.69) is 0 Å². The summed E-state index contributed by atoms with van der Waals surface area (Å²) in [6, 6.07) is 5.41. The topological polar surface area (TPSA) is 60.2 Å². The lowest BCUT2D eigenvalue weighted by molar-refractivity contribution is -0.384. The van der Waals surface area contributed by atoms with Crippen molar-refractivity contribution in [1.82, 2.24) is 0 Å². The lowest BCUT2D eigenvalue weighted by atomic mass is 10.2. The molecule has 0 heterocycles. The highest BCUT2D eigenvalue weighted by Crippen LogP contribution is 2.09. The summed E-state index contributed by atoms with van der Waals surface area (Å²) in [4.78, 5) is 19.7. The second-order valence-corrected chi connectivity index (χ2v) is 1.97. The summed E-state index contributed by atoms with van der Waals surface area (Å²) >= 11 is 0. The van der Waals surface area contributed by atoms with E-state index in [4.69, 9.17) is 0 Å². The minimum Gasteiger partial charge on any atom is -0.298 e. The maximum atomic E-state index is 10.1. The van der Waals surface area contributed by atoms with Gasteiger partial charge in [0.25, 0.3) is 5.69 Å². The van der Waals surface area contributed by atoms with Crippen molar-refractivity contribution in [3.63, 3.8) is 0 Å². The predicted octanol–water partition coefficient (Wildman–Crippen LogP) is 4.49. The van der Waals surface area contributed by atoms with Crippen LogP contribution in [0.15, 0.2) is 24.3 Å². The van der Waals surface area contributed by atoms with Crippen LogP contribution in [0.1, 0.15) is 51.9 Å². The molecule has 17 heavy (non-hydrogen) atoms. The Labute approximate surface area is 104 Å². The maximum Gasteiger partial charge on any atom is 0.269 e. The molecule has 0 amide bonds. The molecule has 0 saturated heterocycles. The molecule has 0 N–H and O–H groups in total. The van der Waals surface area contributed by atoms with E-state index in [-0.39, 0.29) is 5.69 Å². The molecule has 0 aliphatic rings. The van der Waals surface area contributed by atoms with Crippen molar-refractivity contribution < 1.29 is 9.72 Å². The summed E-state index contributed by atoms with van der Waals surface area (Å²) in [5.74, 6) is 0. The van der Waals surface area contributed by atoms with Crippen molar-refractivity contribution in [2.45, 2.75) is 41.5 Å². The quantitative estimate of drug-likeness (QED) is 0.435. The van der Waals surface area contributed by atoms with Gasteiger partial charge >= 0.3 is 0 Å². The number of nitro groups is 1. The van der Waals surface area contributed by atoms with Gasteiger partial charge in [-0.05, 0) is 12.1 Å². The molecule has 4 heteroatoms. The molecule has 0 fully saturated rings. The van der Waals surface area contributed by atoms with Crippen LogP contribution in [0.4, 0.5) is 5.69 Å². The van der Waals surface area contributed by atoms with Crippen molar-refractivity contribution in [1.29, 1.82) is 0 Å². The zero-order valence-corrected chi connectivity index (χ0v) is 11.6. The van der Waals surface area contributed by atoms with Crippen molar-refractivity contribution in [3.8, 4) is 0 Å². The summed E-state index contributed by atoms with van der Waals surface area (Å²) in [5.41, 5.74) is 0.436. The van der Waals surface area contributed by atoms with E-state index in [1.807, 2.05) is 41.5 Å². The Kier molecular flexibility index (Phi) is 20.3. The van der Waals surface area contributed by atoms with Crippen LogP contribution in [0.2, 0.25) is 0 Å². The average molecular weight is 241 g/mol. The lowest BCUT2D eigenvalue weighted by Gasteiger charge is -1.89. The van der Waals surface area contributed by atoms with E-state index in [9.17, 15) is 14.9 Å². The Balaban J connectivity index is -0.000000285. The van der Waals surface area contributed by atoms with Crippen LogP contribution in [-0.2, 0) is 0 Å². The Morgan fingerprint density at radius 3 is 1.53 bits per heavy atom. The molecule has 0 spiro atoms. The molecule has 0 radical (unpaired) electrons. The van der Waals surface area contributed by atoms with Crippen LogP contribution in [0.3, 0.4) is 0 Å². The van der Waals surface area contributed by atoms with Gasteiger partial charge in [0.15, 0.2) is 0 Å². The molecule has 0 aliphatic heterocycles. The minimum absolute atomic E-state index is 0.00407. The van der Waals surface area contributed by atoms with Gasteiger partial charge in [-0.25, -0.2) is 0 Å². The molecule has 0 saturated carbocycles. The van der Waals surface area contributed by atoms with Crippen LogP contribution in [0.25, 0.3) is 0 Å². The highest BCUT2D eigenvalue weighted by Gasteiger charge is 2.02. The van der Waals surface area contributed by atoms with Crippen LogP contribution >= 0.6 is 0 Å². The Morgan fingerprint density at radius 2 is 1.29 bits per heavy atom. The molecule has 0 aromatic heterocycles. The minimum atomic E-state index is -0.505. The number of hydrogen-bond donors (Lipinski definition) is 0. The van der Waals surface area contributed by atoms with Crippen molar-refractivity contribution in [2.75, 3.05) is 0 Å². The molecular weight excluding hydrogens is 218 g/mol. The number of non-ortho nitro benzene ring substituents is 1. The van der Waals surface area contributed by atoms with Gasteiger partial charge in [0, 0.05) is 17.7 Å². The van der Waals surface area contributed by atoms with Crippen LogP contribution in [0.5, 0.6) is 0 Å². The number of carbonyl (C=O) groups is 1. The summed E-state index contributed by atoms with van der Waals surface area (Å²) in [6.07, 6.45) is 0.643. The fraction of sp³-hybridized carbons (Fsp3) is 0.462. The van der Waals surface area contributed by atoms with Gasteiger partial charge < -0.3 is 0 Å². The first kappa shape index (κ1) is 20.7. The zero-order chi connectivity index (χ0) is 14.3. The normalized spacial score (nSPS) is 6.94.